The van der Waals surface area contributed by atoms with Crippen molar-refractivity contribution in [2.24, 2.45) is 0 Å². The van der Waals surface area contributed by atoms with Crippen LogP contribution in [0, 0.1) is 5.82 Å². The molecule has 0 unspecified atom stereocenters. The molecule has 0 spiro atoms. The number of carbonyl (C=O) groups is 1. The summed E-state index contributed by atoms with van der Waals surface area (Å²) in [6.07, 6.45) is 0.0612. The molecule has 0 aromatic heterocycles. The molecule has 0 N–H and O–H groups in total. The number of benzene rings is 2. The predicted octanol–water partition coefficient (Wildman–Crippen LogP) is 5.43. The van der Waals surface area contributed by atoms with Crippen molar-refractivity contribution in [2.45, 2.75) is 6.42 Å². The van der Waals surface area contributed by atoms with E-state index in [1.165, 1.54) is 18.2 Å². The SMILES string of the molecule is O=C(Cc1cc(F)ccc1Cl)c1cc(Br)ccc1Br. The molecule has 0 aliphatic carbocycles. The van der Waals surface area contributed by atoms with Gasteiger partial charge in [0.15, 0.2) is 5.78 Å². The Morgan fingerprint density at radius 1 is 1.16 bits per heavy atom. The third kappa shape index (κ3) is 3.65. The highest BCUT2D eigenvalue weighted by Crippen LogP contribution is 2.25. The van der Waals surface area contributed by atoms with Crippen LogP contribution in [0.5, 0.6) is 0 Å². The van der Waals surface area contributed by atoms with E-state index < -0.39 is 5.82 Å². The predicted molar refractivity (Wildman–Crippen MR) is 81.3 cm³/mol. The van der Waals surface area contributed by atoms with E-state index in [1.54, 1.807) is 12.1 Å². The van der Waals surface area contributed by atoms with E-state index in [2.05, 4.69) is 31.9 Å². The number of ketones is 1. The van der Waals surface area contributed by atoms with Crippen LogP contribution in [0.2, 0.25) is 5.02 Å². The normalized spacial score (nSPS) is 10.5. The summed E-state index contributed by atoms with van der Waals surface area (Å²) in [7, 11) is 0. The summed E-state index contributed by atoms with van der Waals surface area (Å²) >= 11 is 12.6. The molecule has 0 saturated heterocycles. The van der Waals surface area contributed by atoms with E-state index in [0.717, 1.165) is 4.47 Å². The number of hydrogen-bond acceptors (Lipinski definition) is 1. The molecule has 0 aliphatic rings. The Morgan fingerprint density at radius 3 is 2.63 bits per heavy atom. The quantitative estimate of drug-likeness (QED) is 0.621. The number of rotatable bonds is 3. The first-order valence-electron chi connectivity index (χ1n) is 5.39. The molecule has 2 aromatic carbocycles. The summed E-state index contributed by atoms with van der Waals surface area (Å²) in [5.41, 5.74) is 1.02. The Kier molecular flexibility index (Phi) is 4.76. The van der Waals surface area contributed by atoms with Gasteiger partial charge in [0, 0.05) is 26.0 Å². The number of halogens is 4. The van der Waals surface area contributed by atoms with Crippen LogP contribution >= 0.6 is 43.5 Å². The molecular weight excluding hydrogens is 398 g/mol. The molecule has 0 saturated carbocycles. The summed E-state index contributed by atoms with van der Waals surface area (Å²) in [6, 6.07) is 9.34. The van der Waals surface area contributed by atoms with E-state index in [1.807, 2.05) is 6.07 Å². The Hall–Kier alpha value is -0.710. The van der Waals surface area contributed by atoms with E-state index in [9.17, 15) is 9.18 Å². The standard InChI is InChI=1S/C14H8Br2ClFO/c15-9-1-3-12(16)11(7-9)14(19)6-8-5-10(18)2-4-13(8)17/h1-5,7H,6H2. The number of carbonyl (C=O) groups excluding carboxylic acids is 1. The third-order valence-electron chi connectivity index (χ3n) is 2.59. The van der Waals surface area contributed by atoms with Gasteiger partial charge in [-0.3, -0.25) is 4.79 Å². The zero-order chi connectivity index (χ0) is 14.0. The fourth-order valence-electron chi connectivity index (χ4n) is 1.66. The highest BCUT2D eigenvalue weighted by Gasteiger charge is 2.13. The first-order chi connectivity index (χ1) is 8.97. The minimum Gasteiger partial charge on any atom is -0.294 e. The van der Waals surface area contributed by atoms with Crippen molar-refractivity contribution in [3.63, 3.8) is 0 Å². The maximum Gasteiger partial charge on any atom is 0.168 e. The number of hydrogen-bond donors (Lipinski definition) is 0. The summed E-state index contributed by atoms with van der Waals surface area (Å²) < 4.78 is 14.7. The van der Waals surface area contributed by atoms with E-state index in [-0.39, 0.29) is 12.2 Å². The second-order valence-electron chi connectivity index (χ2n) is 3.96. The largest absolute Gasteiger partial charge is 0.294 e. The lowest BCUT2D eigenvalue weighted by Crippen LogP contribution is -2.05. The smallest absolute Gasteiger partial charge is 0.168 e. The van der Waals surface area contributed by atoms with Crippen LogP contribution in [-0.2, 0) is 6.42 Å². The fraction of sp³-hybridized carbons (Fsp3) is 0.0714. The summed E-state index contributed by atoms with van der Waals surface area (Å²) in [6.45, 7) is 0. The lowest BCUT2D eigenvalue weighted by molar-refractivity contribution is 0.0992. The zero-order valence-corrected chi connectivity index (χ0v) is 13.5. The molecule has 2 aromatic rings. The molecule has 98 valence electrons. The lowest BCUT2D eigenvalue weighted by atomic mass is 10.0. The second-order valence-corrected chi connectivity index (χ2v) is 6.14. The van der Waals surface area contributed by atoms with E-state index >= 15 is 0 Å². The fourth-order valence-corrected chi connectivity index (χ4v) is 2.67. The Bertz CT molecular complexity index is 643. The Labute approximate surface area is 132 Å². The molecule has 19 heavy (non-hydrogen) atoms. The molecule has 0 radical (unpaired) electrons. The van der Waals surface area contributed by atoms with Crippen molar-refractivity contribution in [1.82, 2.24) is 0 Å². The first-order valence-corrected chi connectivity index (χ1v) is 7.36. The van der Waals surface area contributed by atoms with Crippen molar-refractivity contribution in [3.8, 4) is 0 Å². The highest BCUT2D eigenvalue weighted by atomic mass is 79.9. The van der Waals surface area contributed by atoms with E-state index in [0.29, 0.717) is 20.6 Å². The van der Waals surface area contributed by atoms with Gasteiger partial charge < -0.3 is 0 Å². The van der Waals surface area contributed by atoms with Crippen molar-refractivity contribution in [2.75, 3.05) is 0 Å². The van der Waals surface area contributed by atoms with Gasteiger partial charge in [-0.25, -0.2) is 4.39 Å². The van der Waals surface area contributed by atoms with Gasteiger partial charge in [-0.15, -0.1) is 0 Å². The van der Waals surface area contributed by atoms with Crippen molar-refractivity contribution < 1.29 is 9.18 Å². The first kappa shape index (κ1) is 14.7. The molecule has 0 fully saturated rings. The van der Waals surface area contributed by atoms with Crippen LogP contribution in [0.25, 0.3) is 0 Å². The van der Waals surface area contributed by atoms with Gasteiger partial charge in [0.05, 0.1) is 0 Å². The Balaban J connectivity index is 2.30. The Morgan fingerprint density at radius 2 is 1.89 bits per heavy atom. The highest BCUT2D eigenvalue weighted by molar-refractivity contribution is 9.11. The van der Waals surface area contributed by atoms with Crippen LogP contribution < -0.4 is 0 Å². The topological polar surface area (TPSA) is 17.1 Å². The van der Waals surface area contributed by atoms with Crippen molar-refractivity contribution >= 4 is 49.2 Å². The summed E-state index contributed by atoms with van der Waals surface area (Å²) in [5, 5.41) is 0.390. The molecular formula is C14H8Br2ClFO. The molecule has 1 nitrogen and oxygen atoms in total. The number of Topliss-reactive ketones (excluding diaryl/α,β-unsaturated/α-hetero) is 1. The van der Waals surface area contributed by atoms with Crippen molar-refractivity contribution in [1.29, 1.82) is 0 Å². The molecule has 0 heterocycles. The maximum atomic E-state index is 13.2. The zero-order valence-electron chi connectivity index (χ0n) is 9.59. The molecule has 2 rings (SSSR count). The average Bonchev–Trinajstić information content (AvgIpc) is 2.36. The molecule has 0 atom stereocenters. The molecule has 5 heteroatoms. The van der Waals surface area contributed by atoms with Gasteiger partial charge in [0.2, 0.25) is 0 Å². The average molecular weight is 406 g/mol. The van der Waals surface area contributed by atoms with Gasteiger partial charge >= 0.3 is 0 Å². The van der Waals surface area contributed by atoms with Gasteiger partial charge in [-0.2, -0.15) is 0 Å². The lowest BCUT2D eigenvalue weighted by Gasteiger charge is -2.06. The summed E-state index contributed by atoms with van der Waals surface area (Å²) in [5.74, 6) is -0.527. The van der Waals surface area contributed by atoms with Gasteiger partial charge in [0.25, 0.3) is 0 Å². The van der Waals surface area contributed by atoms with Crippen LogP contribution in [-0.4, -0.2) is 5.78 Å². The van der Waals surface area contributed by atoms with Gasteiger partial charge in [0.1, 0.15) is 5.82 Å². The van der Waals surface area contributed by atoms with Crippen LogP contribution in [0.4, 0.5) is 4.39 Å². The van der Waals surface area contributed by atoms with Crippen LogP contribution in [0.15, 0.2) is 45.3 Å². The van der Waals surface area contributed by atoms with Crippen molar-refractivity contribution in [3.05, 3.63) is 67.3 Å². The minimum absolute atomic E-state index is 0.0612. The van der Waals surface area contributed by atoms with Crippen LogP contribution in [0.3, 0.4) is 0 Å². The molecule has 0 amide bonds. The monoisotopic (exact) mass is 404 g/mol. The van der Waals surface area contributed by atoms with Crippen LogP contribution in [0.1, 0.15) is 15.9 Å². The maximum absolute atomic E-state index is 13.2. The second kappa shape index (κ2) is 6.16. The minimum atomic E-state index is -0.402. The van der Waals surface area contributed by atoms with E-state index in [4.69, 9.17) is 11.6 Å². The third-order valence-corrected chi connectivity index (χ3v) is 4.14. The van der Waals surface area contributed by atoms with Gasteiger partial charge in [-0.05, 0) is 42.0 Å². The summed E-state index contributed by atoms with van der Waals surface area (Å²) in [4.78, 5) is 12.2. The van der Waals surface area contributed by atoms with Gasteiger partial charge in [-0.1, -0.05) is 43.5 Å². The molecule has 0 aliphatic heterocycles. The molecule has 0 bridgehead atoms.